The SMILES string of the molecule is C=C(C)CNC(=O)c1sc2ccc(Cl)cc2c1N. The summed E-state index contributed by atoms with van der Waals surface area (Å²) < 4.78 is 0.956. The number of benzene rings is 1. The van der Waals surface area contributed by atoms with Gasteiger partial charge in [0.25, 0.3) is 5.91 Å². The summed E-state index contributed by atoms with van der Waals surface area (Å²) in [6, 6.07) is 5.43. The van der Waals surface area contributed by atoms with Gasteiger partial charge in [-0.3, -0.25) is 4.79 Å². The number of nitrogens with one attached hydrogen (secondary N) is 1. The summed E-state index contributed by atoms with van der Waals surface area (Å²) >= 11 is 7.29. The summed E-state index contributed by atoms with van der Waals surface area (Å²) in [5, 5.41) is 4.21. The number of fused-ring (bicyclic) bond motifs is 1. The zero-order chi connectivity index (χ0) is 13.3. The molecule has 0 aliphatic heterocycles. The lowest BCUT2D eigenvalue weighted by molar-refractivity contribution is 0.0962. The van der Waals surface area contributed by atoms with Crippen molar-refractivity contribution in [3.05, 3.63) is 40.3 Å². The number of rotatable bonds is 3. The fourth-order valence-electron chi connectivity index (χ4n) is 1.57. The van der Waals surface area contributed by atoms with Crippen molar-refractivity contribution in [1.82, 2.24) is 5.32 Å². The molecule has 0 radical (unpaired) electrons. The van der Waals surface area contributed by atoms with E-state index >= 15 is 0 Å². The highest BCUT2D eigenvalue weighted by atomic mass is 35.5. The van der Waals surface area contributed by atoms with Crippen LogP contribution in [0.1, 0.15) is 16.6 Å². The highest BCUT2D eigenvalue weighted by molar-refractivity contribution is 7.21. The monoisotopic (exact) mass is 280 g/mol. The molecule has 0 atom stereocenters. The normalized spacial score (nSPS) is 10.6. The Balaban J connectivity index is 2.36. The molecule has 0 spiro atoms. The quantitative estimate of drug-likeness (QED) is 0.846. The zero-order valence-corrected chi connectivity index (χ0v) is 11.5. The molecule has 1 heterocycles. The van der Waals surface area contributed by atoms with E-state index in [2.05, 4.69) is 11.9 Å². The zero-order valence-electron chi connectivity index (χ0n) is 9.92. The number of halogens is 1. The van der Waals surface area contributed by atoms with E-state index in [1.807, 2.05) is 13.0 Å². The third-order valence-electron chi connectivity index (χ3n) is 2.45. The number of thiophene rings is 1. The number of carbonyl (C=O) groups excluding carboxylic acids is 1. The average molecular weight is 281 g/mol. The molecule has 94 valence electrons. The third-order valence-corrected chi connectivity index (χ3v) is 3.87. The molecule has 2 aromatic rings. The van der Waals surface area contributed by atoms with Crippen LogP contribution in [0.25, 0.3) is 10.1 Å². The van der Waals surface area contributed by atoms with Crippen LogP contribution in [0.2, 0.25) is 5.02 Å². The van der Waals surface area contributed by atoms with E-state index in [9.17, 15) is 4.79 Å². The maximum absolute atomic E-state index is 12.0. The number of hydrogen-bond donors (Lipinski definition) is 2. The van der Waals surface area contributed by atoms with Crippen LogP contribution < -0.4 is 11.1 Å². The van der Waals surface area contributed by atoms with E-state index in [-0.39, 0.29) is 5.91 Å². The fourth-order valence-corrected chi connectivity index (χ4v) is 2.76. The molecule has 0 saturated heterocycles. The van der Waals surface area contributed by atoms with E-state index in [0.29, 0.717) is 22.1 Å². The van der Waals surface area contributed by atoms with Gasteiger partial charge >= 0.3 is 0 Å². The Kier molecular flexibility index (Phi) is 3.59. The molecule has 0 bridgehead atoms. The van der Waals surface area contributed by atoms with Gasteiger partial charge in [-0.05, 0) is 25.1 Å². The number of carbonyl (C=O) groups is 1. The molecule has 3 nitrogen and oxygen atoms in total. The molecular weight excluding hydrogens is 268 g/mol. The molecule has 2 rings (SSSR count). The van der Waals surface area contributed by atoms with Gasteiger partial charge in [0.15, 0.2) is 0 Å². The van der Waals surface area contributed by atoms with E-state index in [1.54, 1.807) is 12.1 Å². The Bertz CT molecular complexity index is 633. The molecule has 0 fully saturated rings. The predicted octanol–water partition coefficient (Wildman–Crippen LogP) is 3.44. The first kappa shape index (κ1) is 12.9. The third kappa shape index (κ3) is 2.49. The molecule has 3 N–H and O–H groups in total. The predicted molar refractivity (Wildman–Crippen MR) is 78.4 cm³/mol. The van der Waals surface area contributed by atoms with Crippen molar-refractivity contribution in [2.24, 2.45) is 0 Å². The van der Waals surface area contributed by atoms with Crippen molar-refractivity contribution in [3.63, 3.8) is 0 Å². The highest BCUT2D eigenvalue weighted by Crippen LogP contribution is 2.35. The highest BCUT2D eigenvalue weighted by Gasteiger charge is 2.16. The van der Waals surface area contributed by atoms with Gasteiger partial charge in [-0.1, -0.05) is 23.8 Å². The summed E-state index contributed by atoms with van der Waals surface area (Å²) in [4.78, 5) is 12.5. The molecule has 0 aliphatic carbocycles. The average Bonchev–Trinajstić information content (AvgIpc) is 2.64. The summed E-state index contributed by atoms with van der Waals surface area (Å²) in [7, 11) is 0. The Hall–Kier alpha value is -1.52. The molecular formula is C13H13ClN2OS. The van der Waals surface area contributed by atoms with Crippen LogP contribution in [0.5, 0.6) is 0 Å². The first-order valence-electron chi connectivity index (χ1n) is 5.39. The number of amides is 1. The first-order valence-corrected chi connectivity index (χ1v) is 6.58. The van der Waals surface area contributed by atoms with Crippen LogP contribution >= 0.6 is 22.9 Å². The smallest absolute Gasteiger partial charge is 0.263 e. The summed E-state index contributed by atoms with van der Waals surface area (Å²) in [6.07, 6.45) is 0. The van der Waals surface area contributed by atoms with E-state index < -0.39 is 0 Å². The lowest BCUT2D eigenvalue weighted by atomic mass is 10.2. The van der Waals surface area contributed by atoms with Crippen molar-refractivity contribution in [2.45, 2.75) is 6.92 Å². The Morgan fingerprint density at radius 2 is 2.28 bits per heavy atom. The molecule has 0 aliphatic rings. The lowest BCUT2D eigenvalue weighted by Gasteiger charge is -2.03. The van der Waals surface area contributed by atoms with Crippen LogP contribution in [0.3, 0.4) is 0 Å². The van der Waals surface area contributed by atoms with Crippen LogP contribution in [-0.4, -0.2) is 12.5 Å². The van der Waals surface area contributed by atoms with Gasteiger partial charge in [0.1, 0.15) is 4.88 Å². The minimum atomic E-state index is -0.173. The van der Waals surface area contributed by atoms with Crippen molar-refractivity contribution in [3.8, 4) is 0 Å². The summed E-state index contributed by atoms with van der Waals surface area (Å²) in [5.41, 5.74) is 7.36. The summed E-state index contributed by atoms with van der Waals surface area (Å²) in [5.74, 6) is -0.173. The van der Waals surface area contributed by atoms with Gasteiger partial charge in [-0.15, -0.1) is 11.3 Å². The number of nitrogen functional groups attached to an aromatic ring is 1. The second kappa shape index (κ2) is 5.00. The summed E-state index contributed by atoms with van der Waals surface area (Å²) in [6.45, 7) is 6.04. The van der Waals surface area contributed by atoms with Gasteiger partial charge in [0.05, 0.1) is 5.69 Å². The van der Waals surface area contributed by atoms with Gasteiger partial charge in [-0.25, -0.2) is 0 Å². The van der Waals surface area contributed by atoms with Crippen molar-refractivity contribution in [2.75, 3.05) is 12.3 Å². The Morgan fingerprint density at radius 1 is 1.56 bits per heavy atom. The molecule has 1 aromatic heterocycles. The number of nitrogens with two attached hydrogens (primary N) is 1. The molecule has 1 aromatic carbocycles. The van der Waals surface area contributed by atoms with Crippen LogP contribution in [0.15, 0.2) is 30.4 Å². The maximum Gasteiger partial charge on any atom is 0.263 e. The van der Waals surface area contributed by atoms with E-state index in [0.717, 1.165) is 15.7 Å². The Morgan fingerprint density at radius 3 is 2.94 bits per heavy atom. The van der Waals surface area contributed by atoms with Crippen LogP contribution in [-0.2, 0) is 0 Å². The standard InChI is InChI=1S/C13H13ClN2OS/c1-7(2)6-16-13(17)12-11(15)9-5-8(14)3-4-10(9)18-12/h3-5H,1,6,15H2,2H3,(H,16,17). The lowest BCUT2D eigenvalue weighted by Crippen LogP contribution is -2.24. The van der Waals surface area contributed by atoms with Crippen molar-refractivity contribution >= 4 is 44.6 Å². The van der Waals surface area contributed by atoms with Gasteiger partial charge in [0.2, 0.25) is 0 Å². The molecule has 0 unspecified atom stereocenters. The van der Waals surface area contributed by atoms with Gasteiger partial charge in [-0.2, -0.15) is 0 Å². The largest absolute Gasteiger partial charge is 0.397 e. The second-order valence-corrected chi connectivity index (χ2v) is 5.61. The first-order chi connectivity index (χ1) is 8.49. The second-order valence-electron chi connectivity index (χ2n) is 4.13. The molecule has 18 heavy (non-hydrogen) atoms. The van der Waals surface area contributed by atoms with Crippen LogP contribution in [0.4, 0.5) is 5.69 Å². The molecule has 0 saturated carbocycles. The fraction of sp³-hybridized carbons (Fsp3) is 0.154. The molecule has 1 amide bonds. The maximum atomic E-state index is 12.0. The number of anilines is 1. The van der Waals surface area contributed by atoms with Gasteiger partial charge in [0, 0.05) is 21.7 Å². The van der Waals surface area contributed by atoms with Gasteiger partial charge < -0.3 is 11.1 Å². The van der Waals surface area contributed by atoms with Crippen molar-refractivity contribution in [1.29, 1.82) is 0 Å². The Labute approximate surface area is 114 Å². The van der Waals surface area contributed by atoms with E-state index in [1.165, 1.54) is 11.3 Å². The minimum absolute atomic E-state index is 0.173. The molecule has 5 heteroatoms. The minimum Gasteiger partial charge on any atom is -0.397 e. The topological polar surface area (TPSA) is 55.1 Å². The van der Waals surface area contributed by atoms with E-state index in [4.69, 9.17) is 17.3 Å². The van der Waals surface area contributed by atoms with Crippen molar-refractivity contribution < 1.29 is 4.79 Å². The number of hydrogen-bond acceptors (Lipinski definition) is 3. The van der Waals surface area contributed by atoms with Crippen LogP contribution in [0, 0.1) is 0 Å².